The highest BCUT2D eigenvalue weighted by molar-refractivity contribution is 5.73. The predicted molar refractivity (Wildman–Crippen MR) is 85.5 cm³/mol. The SMILES string of the molecule is COCCN1CCn2cnc(COCC3CC3)c2C1.O=C(O)C(F)(F)F. The summed E-state index contributed by atoms with van der Waals surface area (Å²) in [6.07, 6.45) is -0.447. The zero-order valence-electron chi connectivity index (χ0n) is 14.7. The minimum atomic E-state index is -5.08. The van der Waals surface area contributed by atoms with Crippen molar-refractivity contribution in [2.24, 2.45) is 5.92 Å². The molecule has 1 N–H and O–H groups in total. The maximum absolute atomic E-state index is 10.6. The summed E-state index contributed by atoms with van der Waals surface area (Å²) in [5.41, 5.74) is 2.43. The van der Waals surface area contributed by atoms with Crippen molar-refractivity contribution >= 4 is 5.97 Å². The molecule has 2 aliphatic rings. The maximum atomic E-state index is 10.6. The van der Waals surface area contributed by atoms with Gasteiger partial charge in [0.15, 0.2) is 0 Å². The van der Waals surface area contributed by atoms with E-state index in [1.165, 1.54) is 18.5 Å². The molecule has 0 atom stereocenters. The number of rotatable bonds is 7. The summed E-state index contributed by atoms with van der Waals surface area (Å²) >= 11 is 0. The lowest BCUT2D eigenvalue weighted by Crippen LogP contribution is -2.35. The summed E-state index contributed by atoms with van der Waals surface area (Å²) in [7, 11) is 1.76. The largest absolute Gasteiger partial charge is 0.490 e. The van der Waals surface area contributed by atoms with E-state index in [0.717, 1.165) is 51.0 Å². The molecule has 1 aromatic rings. The molecule has 0 saturated heterocycles. The molecule has 0 bridgehead atoms. The monoisotopic (exact) mass is 379 g/mol. The number of aliphatic carboxylic acids is 1. The molecule has 148 valence electrons. The van der Waals surface area contributed by atoms with Crippen LogP contribution in [0.3, 0.4) is 0 Å². The number of hydrogen-bond donors (Lipinski definition) is 1. The average molecular weight is 379 g/mol. The summed E-state index contributed by atoms with van der Waals surface area (Å²) < 4.78 is 44.9. The van der Waals surface area contributed by atoms with Crippen LogP contribution in [0.4, 0.5) is 13.2 Å². The topological polar surface area (TPSA) is 76.8 Å². The lowest BCUT2D eigenvalue weighted by Gasteiger charge is -2.28. The second-order valence-corrected chi connectivity index (χ2v) is 6.36. The van der Waals surface area contributed by atoms with Crippen LogP contribution in [0.5, 0.6) is 0 Å². The highest BCUT2D eigenvalue weighted by Gasteiger charge is 2.38. The first kappa shape index (κ1) is 20.7. The Morgan fingerprint density at radius 3 is 2.65 bits per heavy atom. The molecule has 3 rings (SSSR count). The van der Waals surface area contributed by atoms with Gasteiger partial charge in [-0.3, -0.25) is 4.90 Å². The van der Waals surface area contributed by atoms with E-state index in [4.69, 9.17) is 19.4 Å². The van der Waals surface area contributed by atoms with Crippen LogP contribution in [0.15, 0.2) is 6.33 Å². The lowest BCUT2D eigenvalue weighted by molar-refractivity contribution is -0.192. The van der Waals surface area contributed by atoms with Gasteiger partial charge < -0.3 is 19.1 Å². The molecule has 1 aromatic heterocycles. The van der Waals surface area contributed by atoms with Crippen LogP contribution in [0.2, 0.25) is 0 Å². The fraction of sp³-hybridized carbons (Fsp3) is 0.750. The highest BCUT2D eigenvalue weighted by Crippen LogP contribution is 2.29. The highest BCUT2D eigenvalue weighted by atomic mass is 19.4. The molecule has 0 aromatic carbocycles. The summed E-state index contributed by atoms with van der Waals surface area (Å²) in [5.74, 6) is -1.94. The van der Waals surface area contributed by atoms with E-state index in [0.29, 0.717) is 6.61 Å². The molecule has 1 saturated carbocycles. The molecule has 1 aliphatic carbocycles. The molecule has 10 heteroatoms. The Kier molecular flexibility index (Phi) is 7.42. The number of carboxylic acid groups (broad SMARTS) is 1. The maximum Gasteiger partial charge on any atom is 0.490 e. The van der Waals surface area contributed by atoms with Gasteiger partial charge in [-0.1, -0.05) is 0 Å². The van der Waals surface area contributed by atoms with E-state index in [1.807, 2.05) is 6.33 Å². The molecule has 7 nitrogen and oxygen atoms in total. The molecule has 1 fully saturated rings. The minimum absolute atomic E-state index is 0.664. The second-order valence-electron chi connectivity index (χ2n) is 6.36. The van der Waals surface area contributed by atoms with Gasteiger partial charge in [-0.05, 0) is 18.8 Å². The summed E-state index contributed by atoms with van der Waals surface area (Å²) in [5, 5.41) is 7.12. The van der Waals surface area contributed by atoms with Gasteiger partial charge in [0.2, 0.25) is 0 Å². The second kappa shape index (κ2) is 9.33. The first-order chi connectivity index (χ1) is 12.3. The average Bonchev–Trinajstić information content (AvgIpc) is 3.32. The number of ether oxygens (including phenoxy) is 2. The van der Waals surface area contributed by atoms with Crippen LogP contribution in [0, 0.1) is 5.92 Å². The van der Waals surface area contributed by atoms with E-state index in [-0.39, 0.29) is 0 Å². The van der Waals surface area contributed by atoms with Gasteiger partial charge >= 0.3 is 12.1 Å². The van der Waals surface area contributed by atoms with Crippen molar-refractivity contribution in [3.63, 3.8) is 0 Å². The van der Waals surface area contributed by atoms with Crippen LogP contribution < -0.4 is 0 Å². The summed E-state index contributed by atoms with van der Waals surface area (Å²) in [6.45, 7) is 6.41. The number of halogens is 3. The Balaban J connectivity index is 0.000000298. The van der Waals surface area contributed by atoms with Gasteiger partial charge in [-0.25, -0.2) is 9.78 Å². The van der Waals surface area contributed by atoms with Gasteiger partial charge in [0.05, 0.1) is 30.9 Å². The van der Waals surface area contributed by atoms with Crippen LogP contribution in [-0.2, 0) is 34.0 Å². The third-order valence-corrected chi connectivity index (χ3v) is 4.21. The molecule has 0 spiro atoms. The van der Waals surface area contributed by atoms with Crippen molar-refractivity contribution in [1.29, 1.82) is 0 Å². The van der Waals surface area contributed by atoms with Gasteiger partial charge in [0.25, 0.3) is 0 Å². The number of methoxy groups -OCH3 is 1. The predicted octanol–water partition coefficient (Wildman–Crippen LogP) is 1.90. The van der Waals surface area contributed by atoms with Crippen molar-refractivity contribution in [2.75, 3.05) is 33.4 Å². The zero-order valence-corrected chi connectivity index (χ0v) is 14.7. The van der Waals surface area contributed by atoms with Crippen LogP contribution in [0.1, 0.15) is 24.2 Å². The van der Waals surface area contributed by atoms with E-state index in [9.17, 15) is 13.2 Å². The Morgan fingerprint density at radius 2 is 2.08 bits per heavy atom. The Hall–Kier alpha value is -1.65. The smallest absolute Gasteiger partial charge is 0.475 e. The molecule has 0 amide bonds. The van der Waals surface area contributed by atoms with Crippen LogP contribution in [-0.4, -0.2) is 65.1 Å². The van der Waals surface area contributed by atoms with Crippen molar-refractivity contribution in [2.45, 2.75) is 38.7 Å². The number of fused-ring (bicyclic) bond motifs is 1. The Morgan fingerprint density at radius 1 is 1.38 bits per heavy atom. The molecular formula is C16H24F3N3O4. The number of aromatic nitrogens is 2. The zero-order chi connectivity index (χ0) is 19.2. The fourth-order valence-electron chi connectivity index (χ4n) is 2.50. The van der Waals surface area contributed by atoms with Gasteiger partial charge in [-0.2, -0.15) is 13.2 Å². The number of carbonyl (C=O) groups is 1. The van der Waals surface area contributed by atoms with E-state index < -0.39 is 12.1 Å². The normalized spacial score (nSPS) is 17.4. The molecule has 0 unspecified atom stereocenters. The first-order valence-electron chi connectivity index (χ1n) is 8.43. The van der Waals surface area contributed by atoms with Gasteiger partial charge in [0.1, 0.15) is 0 Å². The molecule has 2 heterocycles. The van der Waals surface area contributed by atoms with Crippen molar-refractivity contribution in [1.82, 2.24) is 14.5 Å². The van der Waals surface area contributed by atoms with Crippen LogP contribution in [0.25, 0.3) is 0 Å². The molecule has 26 heavy (non-hydrogen) atoms. The van der Waals surface area contributed by atoms with Crippen molar-refractivity contribution in [3.8, 4) is 0 Å². The third kappa shape index (κ3) is 6.58. The number of nitrogens with zero attached hydrogens (tertiary/aromatic N) is 3. The number of hydrogen-bond acceptors (Lipinski definition) is 5. The number of alkyl halides is 3. The summed E-state index contributed by atoms with van der Waals surface area (Å²) in [6, 6.07) is 0. The van der Waals surface area contributed by atoms with Crippen molar-refractivity contribution < 1.29 is 32.5 Å². The fourth-order valence-corrected chi connectivity index (χ4v) is 2.50. The van der Waals surface area contributed by atoms with E-state index in [2.05, 4.69) is 14.5 Å². The quantitative estimate of drug-likeness (QED) is 0.780. The van der Waals surface area contributed by atoms with Crippen molar-refractivity contribution in [3.05, 3.63) is 17.7 Å². The standard InChI is InChI=1S/C14H23N3O2.C2HF3O2/c1-18-7-6-16-4-5-17-11-15-13(14(17)8-16)10-19-9-12-2-3-12;3-2(4,5)1(6)7/h11-12H,2-10H2,1H3;(H,6,7). The first-order valence-corrected chi connectivity index (χ1v) is 8.43. The minimum Gasteiger partial charge on any atom is -0.475 e. The molecule has 1 aliphatic heterocycles. The van der Waals surface area contributed by atoms with Gasteiger partial charge in [0, 0.05) is 39.9 Å². The number of carboxylic acids is 1. The number of imidazole rings is 1. The molecule has 0 radical (unpaired) electrons. The lowest BCUT2D eigenvalue weighted by atomic mass is 10.2. The van der Waals surface area contributed by atoms with Gasteiger partial charge in [-0.15, -0.1) is 0 Å². The van der Waals surface area contributed by atoms with E-state index in [1.54, 1.807) is 7.11 Å². The summed E-state index contributed by atoms with van der Waals surface area (Å²) in [4.78, 5) is 15.8. The van der Waals surface area contributed by atoms with E-state index >= 15 is 0 Å². The third-order valence-electron chi connectivity index (χ3n) is 4.21. The Bertz CT molecular complexity index is 588. The van der Waals surface area contributed by atoms with Crippen LogP contribution >= 0.6 is 0 Å². The molecular weight excluding hydrogens is 355 g/mol. The Labute approximate surface area is 149 Å².